The average molecular weight is 365 g/mol. The van der Waals surface area contributed by atoms with Gasteiger partial charge in [0.15, 0.2) is 0 Å². The van der Waals surface area contributed by atoms with E-state index in [9.17, 15) is 18.5 Å². The fraction of sp³-hybridized carbons (Fsp3) is 0.125. The van der Waals surface area contributed by atoms with Crippen molar-refractivity contribution in [3.8, 4) is 11.8 Å². The molecular weight excluding hydrogens is 352 g/mol. The molecule has 0 heterocycles. The van der Waals surface area contributed by atoms with Gasteiger partial charge in [0, 0.05) is 10.6 Å². The first-order chi connectivity index (χ1) is 11.3. The van der Waals surface area contributed by atoms with Crippen LogP contribution in [0.2, 0.25) is 5.02 Å². The normalized spacial score (nSPS) is 10.7. The maximum atomic E-state index is 11.8. The van der Waals surface area contributed by atoms with E-state index in [4.69, 9.17) is 16.3 Å². The Labute approximate surface area is 144 Å². The number of amides is 1. The van der Waals surface area contributed by atoms with E-state index in [-0.39, 0.29) is 23.5 Å². The number of sulfonamides is 1. The van der Waals surface area contributed by atoms with E-state index in [0.29, 0.717) is 5.02 Å². The second-order valence-electron chi connectivity index (χ2n) is 4.94. The van der Waals surface area contributed by atoms with Crippen molar-refractivity contribution in [1.82, 2.24) is 4.72 Å². The van der Waals surface area contributed by atoms with Crippen LogP contribution in [0.5, 0.6) is 5.75 Å². The predicted molar refractivity (Wildman–Crippen MR) is 89.3 cm³/mol. The van der Waals surface area contributed by atoms with Gasteiger partial charge in [-0.25, -0.2) is 13.1 Å². The zero-order valence-corrected chi connectivity index (χ0v) is 14.2. The van der Waals surface area contributed by atoms with Gasteiger partial charge in [-0.3, -0.25) is 4.79 Å². The highest BCUT2D eigenvalue weighted by Crippen LogP contribution is 2.21. The summed E-state index contributed by atoms with van der Waals surface area (Å²) in [5, 5.41) is 9.77. The van der Waals surface area contributed by atoms with Crippen LogP contribution in [0, 0.1) is 11.3 Å². The van der Waals surface area contributed by atoms with Crippen molar-refractivity contribution in [2.24, 2.45) is 0 Å². The molecule has 0 saturated carbocycles. The van der Waals surface area contributed by atoms with Crippen LogP contribution < -0.4 is 9.46 Å². The van der Waals surface area contributed by atoms with Gasteiger partial charge in [0.1, 0.15) is 18.4 Å². The van der Waals surface area contributed by atoms with Crippen LogP contribution in [-0.2, 0) is 16.6 Å². The zero-order chi connectivity index (χ0) is 17.7. The minimum absolute atomic E-state index is 0.0482. The number of nitrogens with zero attached hydrogens (tertiary/aromatic N) is 1. The minimum atomic E-state index is -3.68. The van der Waals surface area contributed by atoms with E-state index >= 15 is 0 Å². The average Bonchev–Trinajstić information content (AvgIpc) is 2.51. The Morgan fingerprint density at radius 2 is 2.04 bits per heavy atom. The van der Waals surface area contributed by atoms with Gasteiger partial charge in [0.2, 0.25) is 10.0 Å². The number of rotatable bonds is 5. The van der Waals surface area contributed by atoms with E-state index in [1.807, 2.05) is 16.9 Å². The lowest BCUT2D eigenvalue weighted by Gasteiger charge is -2.10. The van der Waals surface area contributed by atoms with Gasteiger partial charge in [-0.2, -0.15) is 5.26 Å². The Bertz CT molecular complexity index is 920. The molecule has 0 aliphatic heterocycles. The molecule has 0 aliphatic carbocycles. The van der Waals surface area contributed by atoms with Gasteiger partial charge in [-0.05, 0) is 35.9 Å². The number of hydrogen-bond acceptors (Lipinski definition) is 5. The lowest BCUT2D eigenvalue weighted by atomic mass is 10.1. The molecule has 0 bridgehead atoms. The van der Waals surface area contributed by atoms with Gasteiger partial charge in [-0.15, -0.1) is 0 Å². The summed E-state index contributed by atoms with van der Waals surface area (Å²) in [6.45, 7) is 0.199. The van der Waals surface area contributed by atoms with Crippen LogP contribution in [-0.4, -0.2) is 20.6 Å². The third-order valence-corrected chi connectivity index (χ3v) is 3.71. The Hall–Kier alpha value is -2.56. The number of hydrogen-bond donors (Lipinski definition) is 1. The molecule has 124 valence electrons. The fourth-order valence-corrected chi connectivity index (χ4v) is 2.57. The first-order valence-corrected chi connectivity index (χ1v) is 8.99. The molecule has 0 aromatic heterocycles. The summed E-state index contributed by atoms with van der Waals surface area (Å²) >= 11 is 5.89. The lowest BCUT2D eigenvalue weighted by Crippen LogP contribution is -2.29. The summed E-state index contributed by atoms with van der Waals surface area (Å²) in [5.41, 5.74) is 0.996. The number of carbonyl (C=O) groups is 1. The molecule has 24 heavy (non-hydrogen) atoms. The molecule has 0 saturated heterocycles. The predicted octanol–water partition coefficient (Wildman–Crippen LogP) is 2.48. The molecule has 0 fully saturated rings. The second kappa shape index (κ2) is 7.34. The molecule has 1 amide bonds. The van der Waals surface area contributed by atoms with Gasteiger partial charge in [-0.1, -0.05) is 23.7 Å². The van der Waals surface area contributed by atoms with Crippen LogP contribution >= 0.6 is 11.6 Å². The van der Waals surface area contributed by atoms with E-state index in [2.05, 4.69) is 0 Å². The van der Waals surface area contributed by atoms with Crippen molar-refractivity contribution in [2.45, 2.75) is 6.61 Å². The van der Waals surface area contributed by atoms with E-state index in [0.717, 1.165) is 11.8 Å². The van der Waals surface area contributed by atoms with Crippen molar-refractivity contribution in [3.63, 3.8) is 0 Å². The first-order valence-electron chi connectivity index (χ1n) is 6.72. The summed E-state index contributed by atoms with van der Waals surface area (Å²) in [5.74, 6) is -0.524. The van der Waals surface area contributed by atoms with E-state index in [1.54, 1.807) is 18.2 Å². The van der Waals surface area contributed by atoms with Crippen LogP contribution in [0.1, 0.15) is 21.5 Å². The molecule has 2 aromatic rings. The standard InChI is InChI=1S/C16H13ClN2O4S/c1-24(21,22)19-16(20)12-5-6-15(13(8-12)9-18)23-10-11-3-2-4-14(17)7-11/h2-8H,10H2,1H3,(H,19,20). The summed E-state index contributed by atoms with van der Waals surface area (Å²) in [6.07, 6.45) is 0.874. The van der Waals surface area contributed by atoms with Gasteiger partial charge in [0.25, 0.3) is 5.91 Å². The van der Waals surface area contributed by atoms with E-state index < -0.39 is 15.9 Å². The van der Waals surface area contributed by atoms with Crippen molar-refractivity contribution < 1.29 is 17.9 Å². The monoisotopic (exact) mass is 364 g/mol. The Morgan fingerprint density at radius 3 is 2.67 bits per heavy atom. The van der Waals surface area contributed by atoms with Crippen molar-refractivity contribution in [2.75, 3.05) is 6.26 Å². The molecular formula is C16H13ClN2O4S. The zero-order valence-electron chi connectivity index (χ0n) is 12.6. The Balaban J connectivity index is 2.17. The molecule has 0 radical (unpaired) electrons. The van der Waals surface area contributed by atoms with Crippen LogP contribution in [0.25, 0.3) is 0 Å². The van der Waals surface area contributed by atoms with E-state index in [1.165, 1.54) is 18.2 Å². The Kier molecular flexibility index (Phi) is 5.44. The number of carbonyl (C=O) groups excluding carboxylic acids is 1. The molecule has 8 heteroatoms. The number of nitriles is 1. The molecule has 0 unspecified atom stereocenters. The lowest BCUT2D eigenvalue weighted by molar-refractivity contribution is 0.0981. The number of ether oxygens (including phenoxy) is 1. The highest BCUT2D eigenvalue weighted by Gasteiger charge is 2.14. The molecule has 0 aliphatic rings. The SMILES string of the molecule is CS(=O)(=O)NC(=O)c1ccc(OCc2cccc(Cl)c2)c(C#N)c1. The minimum Gasteiger partial charge on any atom is -0.488 e. The highest BCUT2D eigenvalue weighted by atomic mass is 35.5. The number of benzene rings is 2. The summed E-state index contributed by atoms with van der Waals surface area (Å²) in [6, 6.07) is 13.1. The third kappa shape index (κ3) is 4.98. The number of halogens is 1. The topological polar surface area (TPSA) is 96.3 Å². The van der Waals surface area contributed by atoms with Gasteiger partial charge < -0.3 is 4.74 Å². The molecule has 6 nitrogen and oxygen atoms in total. The Morgan fingerprint density at radius 1 is 1.29 bits per heavy atom. The molecule has 2 rings (SSSR count). The summed E-state index contributed by atoms with van der Waals surface area (Å²) in [7, 11) is -3.68. The van der Waals surface area contributed by atoms with Crippen molar-refractivity contribution in [3.05, 3.63) is 64.2 Å². The van der Waals surface area contributed by atoms with Crippen molar-refractivity contribution in [1.29, 1.82) is 5.26 Å². The van der Waals surface area contributed by atoms with Crippen LogP contribution in [0.4, 0.5) is 0 Å². The van der Waals surface area contributed by atoms with Crippen LogP contribution in [0.15, 0.2) is 42.5 Å². The molecule has 0 atom stereocenters. The van der Waals surface area contributed by atoms with Gasteiger partial charge >= 0.3 is 0 Å². The molecule has 1 N–H and O–H groups in total. The highest BCUT2D eigenvalue weighted by molar-refractivity contribution is 7.89. The second-order valence-corrected chi connectivity index (χ2v) is 7.13. The quantitative estimate of drug-likeness (QED) is 0.879. The molecule has 2 aromatic carbocycles. The maximum Gasteiger partial charge on any atom is 0.264 e. The summed E-state index contributed by atoms with van der Waals surface area (Å²) in [4.78, 5) is 11.8. The third-order valence-electron chi connectivity index (χ3n) is 2.92. The largest absolute Gasteiger partial charge is 0.488 e. The summed E-state index contributed by atoms with van der Waals surface area (Å²) < 4.78 is 29.6. The van der Waals surface area contributed by atoms with Gasteiger partial charge in [0.05, 0.1) is 11.8 Å². The molecule has 0 spiro atoms. The smallest absolute Gasteiger partial charge is 0.264 e. The number of nitrogens with one attached hydrogen (secondary N) is 1. The van der Waals surface area contributed by atoms with Crippen LogP contribution in [0.3, 0.4) is 0 Å². The maximum absolute atomic E-state index is 11.8. The first kappa shape index (κ1) is 17.8. The van der Waals surface area contributed by atoms with Crippen molar-refractivity contribution >= 4 is 27.5 Å². The fourth-order valence-electron chi connectivity index (χ4n) is 1.90.